The number of hydrogen-bond donors (Lipinski definition) is 1. The Hall–Kier alpha value is -1.21. The van der Waals surface area contributed by atoms with Gasteiger partial charge < -0.3 is 10.3 Å². The molecule has 17 heavy (non-hydrogen) atoms. The molecule has 1 aromatic rings. The van der Waals surface area contributed by atoms with Crippen molar-refractivity contribution in [2.24, 2.45) is 5.73 Å². The van der Waals surface area contributed by atoms with Crippen LogP contribution < -0.4 is 5.73 Å². The van der Waals surface area contributed by atoms with Gasteiger partial charge in [0.2, 0.25) is 0 Å². The number of rotatable bonds is 7. The minimum Gasteiger partial charge on any atom is -0.335 e. The lowest BCUT2D eigenvalue weighted by Crippen LogP contribution is -2.08. The first-order chi connectivity index (χ1) is 7.92. The molecule has 0 spiro atoms. The van der Waals surface area contributed by atoms with Crippen molar-refractivity contribution in [2.75, 3.05) is 18.6 Å². The summed E-state index contributed by atoms with van der Waals surface area (Å²) in [5.41, 5.74) is 5.74. The van der Waals surface area contributed by atoms with E-state index in [4.69, 9.17) is 5.73 Å². The molecule has 1 aromatic heterocycles. The maximum Gasteiger partial charge on any atom is 0.182 e. The number of Topliss-reactive ketones (excluding diaryl/α,β-unsaturated/α-hetero) is 1. The summed E-state index contributed by atoms with van der Waals surface area (Å²) < 4.78 is 23.5. The summed E-state index contributed by atoms with van der Waals surface area (Å²) in [4.78, 5) is 15.6. The van der Waals surface area contributed by atoms with E-state index in [-0.39, 0.29) is 18.0 Å². The SMILES string of the molecule is CS(=O)(=O)CCCC(=O)c1cn(CCN)cn1. The van der Waals surface area contributed by atoms with Gasteiger partial charge in [0.1, 0.15) is 15.5 Å². The predicted molar refractivity (Wildman–Crippen MR) is 64.6 cm³/mol. The Morgan fingerprint density at radius 2 is 2.24 bits per heavy atom. The lowest BCUT2D eigenvalue weighted by Gasteiger charge is -1.98. The fraction of sp³-hybridized carbons (Fsp3) is 0.600. The van der Waals surface area contributed by atoms with Crippen LogP contribution in [0.25, 0.3) is 0 Å². The van der Waals surface area contributed by atoms with Gasteiger partial charge in [0, 0.05) is 32.0 Å². The summed E-state index contributed by atoms with van der Waals surface area (Å²) in [6.45, 7) is 1.10. The zero-order valence-corrected chi connectivity index (χ0v) is 10.6. The topological polar surface area (TPSA) is 95.0 Å². The van der Waals surface area contributed by atoms with Crippen LogP contribution in [0, 0.1) is 0 Å². The van der Waals surface area contributed by atoms with Crippen LogP contribution >= 0.6 is 0 Å². The van der Waals surface area contributed by atoms with Crippen molar-refractivity contribution >= 4 is 15.6 Å². The summed E-state index contributed by atoms with van der Waals surface area (Å²) in [7, 11) is -3.00. The van der Waals surface area contributed by atoms with Crippen molar-refractivity contribution in [3.05, 3.63) is 18.2 Å². The van der Waals surface area contributed by atoms with Gasteiger partial charge in [-0.2, -0.15) is 0 Å². The van der Waals surface area contributed by atoms with E-state index in [1.54, 1.807) is 17.1 Å². The third-order valence-electron chi connectivity index (χ3n) is 2.23. The van der Waals surface area contributed by atoms with Crippen LogP contribution in [0.3, 0.4) is 0 Å². The minimum absolute atomic E-state index is 0.0300. The molecule has 0 fully saturated rings. The predicted octanol–water partition coefficient (Wildman–Crippen LogP) is -0.151. The minimum atomic E-state index is -3.00. The van der Waals surface area contributed by atoms with E-state index >= 15 is 0 Å². The molecule has 0 aliphatic carbocycles. The van der Waals surface area contributed by atoms with Crippen molar-refractivity contribution in [1.82, 2.24) is 9.55 Å². The lowest BCUT2D eigenvalue weighted by molar-refractivity contribution is 0.0977. The van der Waals surface area contributed by atoms with Gasteiger partial charge in [-0.1, -0.05) is 0 Å². The molecular weight excluding hydrogens is 242 g/mol. The molecule has 0 bridgehead atoms. The fourth-order valence-corrected chi connectivity index (χ4v) is 2.07. The van der Waals surface area contributed by atoms with Crippen LogP contribution in [0.1, 0.15) is 23.3 Å². The van der Waals surface area contributed by atoms with Gasteiger partial charge in [-0.25, -0.2) is 13.4 Å². The summed E-state index contributed by atoms with van der Waals surface area (Å²) in [6.07, 6.45) is 4.88. The number of ketones is 1. The molecule has 96 valence electrons. The highest BCUT2D eigenvalue weighted by Gasteiger charge is 2.10. The molecule has 0 aliphatic heterocycles. The number of nitrogens with two attached hydrogens (primary N) is 1. The molecule has 0 unspecified atom stereocenters. The molecule has 0 atom stereocenters. The van der Waals surface area contributed by atoms with Gasteiger partial charge >= 0.3 is 0 Å². The zero-order chi connectivity index (χ0) is 12.9. The standard InChI is InChI=1S/C10H17N3O3S/c1-17(15,16)6-2-3-10(14)9-7-13(5-4-11)8-12-9/h7-8H,2-6,11H2,1H3. The second-order valence-electron chi connectivity index (χ2n) is 3.94. The molecule has 1 rings (SSSR count). The molecule has 0 aliphatic rings. The highest BCUT2D eigenvalue weighted by Crippen LogP contribution is 2.04. The van der Waals surface area contributed by atoms with Crippen molar-refractivity contribution in [3.8, 4) is 0 Å². The lowest BCUT2D eigenvalue weighted by atomic mass is 10.2. The first-order valence-electron chi connectivity index (χ1n) is 5.35. The van der Waals surface area contributed by atoms with Crippen LogP contribution in [0.2, 0.25) is 0 Å². The summed E-state index contributed by atoms with van der Waals surface area (Å²) >= 11 is 0. The molecule has 0 aromatic carbocycles. The molecule has 0 saturated heterocycles. The van der Waals surface area contributed by atoms with Crippen molar-refractivity contribution in [3.63, 3.8) is 0 Å². The normalized spacial score (nSPS) is 11.6. The van der Waals surface area contributed by atoms with E-state index in [9.17, 15) is 13.2 Å². The van der Waals surface area contributed by atoms with E-state index in [0.29, 0.717) is 25.2 Å². The maximum absolute atomic E-state index is 11.6. The third kappa shape index (κ3) is 5.10. The molecule has 0 radical (unpaired) electrons. The van der Waals surface area contributed by atoms with E-state index in [1.165, 1.54) is 0 Å². The Balaban J connectivity index is 2.46. The van der Waals surface area contributed by atoms with Crippen LogP contribution in [0.4, 0.5) is 0 Å². The fourth-order valence-electron chi connectivity index (χ4n) is 1.40. The van der Waals surface area contributed by atoms with Crippen LogP contribution in [0.5, 0.6) is 0 Å². The third-order valence-corrected chi connectivity index (χ3v) is 3.26. The highest BCUT2D eigenvalue weighted by molar-refractivity contribution is 7.90. The number of hydrogen-bond acceptors (Lipinski definition) is 5. The Morgan fingerprint density at radius 3 is 2.82 bits per heavy atom. The number of sulfone groups is 1. The van der Waals surface area contributed by atoms with Crippen LogP contribution in [-0.2, 0) is 16.4 Å². The summed E-state index contributed by atoms with van der Waals surface area (Å²) in [6, 6.07) is 0. The van der Waals surface area contributed by atoms with Gasteiger partial charge in [-0.3, -0.25) is 4.79 Å². The first-order valence-corrected chi connectivity index (χ1v) is 7.41. The zero-order valence-electron chi connectivity index (χ0n) is 9.80. The number of nitrogens with zero attached hydrogens (tertiary/aromatic N) is 2. The largest absolute Gasteiger partial charge is 0.335 e. The molecule has 0 amide bonds. The van der Waals surface area contributed by atoms with Crippen molar-refractivity contribution < 1.29 is 13.2 Å². The van der Waals surface area contributed by atoms with Gasteiger partial charge in [-0.05, 0) is 6.42 Å². The second-order valence-corrected chi connectivity index (χ2v) is 6.20. The van der Waals surface area contributed by atoms with Crippen molar-refractivity contribution in [2.45, 2.75) is 19.4 Å². The average molecular weight is 259 g/mol. The van der Waals surface area contributed by atoms with Gasteiger partial charge in [-0.15, -0.1) is 0 Å². The molecule has 1 heterocycles. The van der Waals surface area contributed by atoms with Crippen LogP contribution in [-0.4, -0.2) is 42.3 Å². The van der Waals surface area contributed by atoms with Gasteiger partial charge in [0.15, 0.2) is 5.78 Å². The summed E-state index contributed by atoms with van der Waals surface area (Å²) in [5, 5.41) is 0. The van der Waals surface area contributed by atoms with E-state index in [2.05, 4.69) is 4.98 Å². The van der Waals surface area contributed by atoms with Gasteiger partial charge in [0.05, 0.1) is 12.1 Å². The quantitative estimate of drug-likeness (QED) is 0.687. The Morgan fingerprint density at radius 1 is 1.53 bits per heavy atom. The van der Waals surface area contributed by atoms with Gasteiger partial charge in [0.25, 0.3) is 0 Å². The molecule has 6 nitrogen and oxygen atoms in total. The number of aromatic nitrogens is 2. The van der Waals surface area contributed by atoms with E-state index in [1.807, 2.05) is 0 Å². The second kappa shape index (κ2) is 5.92. The highest BCUT2D eigenvalue weighted by atomic mass is 32.2. The number of carbonyl (C=O) groups is 1. The molecular formula is C10H17N3O3S. The van der Waals surface area contributed by atoms with Crippen molar-refractivity contribution in [1.29, 1.82) is 0 Å². The summed E-state index contributed by atoms with van der Waals surface area (Å²) in [5.74, 6) is -0.105. The van der Waals surface area contributed by atoms with E-state index in [0.717, 1.165) is 6.26 Å². The number of carbonyl (C=O) groups excluding carboxylic acids is 1. The average Bonchev–Trinajstić information content (AvgIpc) is 2.65. The Kier molecular flexibility index (Phi) is 4.83. The Labute approximate surface area is 101 Å². The molecule has 7 heteroatoms. The number of imidazole rings is 1. The Bertz CT molecular complexity index is 479. The molecule has 0 saturated carbocycles. The maximum atomic E-state index is 11.6. The van der Waals surface area contributed by atoms with E-state index < -0.39 is 9.84 Å². The monoisotopic (exact) mass is 259 g/mol. The first kappa shape index (κ1) is 13.9. The molecule has 2 N–H and O–H groups in total. The van der Waals surface area contributed by atoms with Crippen LogP contribution in [0.15, 0.2) is 12.5 Å². The smallest absolute Gasteiger partial charge is 0.182 e.